The summed E-state index contributed by atoms with van der Waals surface area (Å²) in [7, 11) is 1.74. The molecule has 0 aromatic heterocycles. The second-order valence-corrected chi connectivity index (χ2v) is 4.85. The Morgan fingerprint density at radius 2 is 2.00 bits per heavy atom. The zero-order valence-corrected chi connectivity index (χ0v) is 10.8. The molecule has 1 rings (SSSR count). The van der Waals surface area contributed by atoms with Crippen LogP contribution in [-0.4, -0.2) is 49.5 Å². The van der Waals surface area contributed by atoms with E-state index in [9.17, 15) is 5.11 Å². The van der Waals surface area contributed by atoms with Gasteiger partial charge in [-0.25, -0.2) is 0 Å². The second kappa shape index (κ2) is 8.04. The van der Waals surface area contributed by atoms with E-state index >= 15 is 0 Å². The lowest BCUT2D eigenvalue weighted by atomic mass is 9.96. The highest BCUT2D eigenvalue weighted by Crippen LogP contribution is 2.24. The van der Waals surface area contributed by atoms with Gasteiger partial charge in [-0.2, -0.15) is 0 Å². The van der Waals surface area contributed by atoms with Gasteiger partial charge in [0.15, 0.2) is 0 Å². The van der Waals surface area contributed by atoms with Gasteiger partial charge in [0.05, 0.1) is 12.7 Å². The van der Waals surface area contributed by atoms with E-state index in [0.29, 0.717) is 5.92 Å². The minimum atomic E-state index is -0.0842. The number of likely N-dealkylation sites (N-methyl/N-ethyl adjacent to an activating group) is 1. The molecular weight excluding hydrogens is 202 g/mol. The Bertz CT molecular complexity index is 175. The van der Waals surface area contributed by atoms with Crippen molar-refractivity contribution >= 4 is 0 Å². The van der Waals surface area contributed by atoms with E-state index in [4.69, 9.17) is 4.74 Å². The summed E-state index contributed by atoms with van der Waals surface area (Å²) in [5.41, 5.74) is 0. The highest BCUT2D eigenvalue weighted by molar-refractivity contribution is 4.76. The van der Waals surface area contributed by atoms with Gasteiger partial charge in [-0.3, -0.25) is 0 Å². The van der Waals surface area contributed by atoms with Crippen molar-refractivity contribution < 1.29 is 9.84 Å². The number of rotatable bonds is 6. The molecule has 1 saturated carbocycles. The molecule has 96 valence electrons. The van der Waals surface area contributed by atoms with E-state index in [1.807, 2.05) is 0 Å². The third-order valence-electron chi connectivity index (χ3n) is 3.67. The molecule has 0 spiro atoms. The molecule has 16 heavy (non-hydrogen) atoms. The summed E-state index contributed by atoms with van der Waals surface area (Å²) in [4.78, 5) is 2.39. The molecule has 0 aliphatic heterocycles. The van der Waals surface area contributed by atoms with Crippen LogP contribution in [0, 0.1) is 5.92 Å². The molecular formula is C13H27NO2. The highest BCUT2D eigenvalue weighted by atomic mass is 16.5. The van der Waals surface area contributed by atoms with Crippen molar-refractivity contribution in [2.45, 2.75) is 45.1 Å². The number of aliphatic hydroxyl groups is 1. The lowest BCUT2D eigenvalue weighted by Gasteiger charge is -2.28. The molecule has 0 saturated heterocycles. The van der Waals surface area contributed by atoms with Gasteiger partial charge in [0.2, 0.25) is 0 Å². The molecule has 1 N–H and O–H groups in total. The molecule has 3 heteroatoms. The lowest BCUT2D eigenvalue weighted by molar-refractivity contribution is 0.0655. The first kappa shape index (κ1) is 13.9. The molecule has 0 aromatic rings. The van der Waals surface area contributed by atoms with Crippen molar-refractivity contribution in [2.24, 2.45) is 5.92 Å². The van der Waals surface area contributed by atoms with Crippen LogP contribution >= 0.6 is 0 Å². The Hall–Kier alpha value is -0.120. The normalized spacial score (nSPS) is 27.0. The molecule has 3 nitrogen and oxygen atoms in total. The maximum Gasteiger partial charge on any atom is 0.0589 e. The first-order valence-corrected chi connectivity index (χ1v) is 6.67. The van der Waals surface area contributed by atoms with E-state index in [0.717, 1.165) is 32.7 Å². The van der Waals surface area contributed by atoms with Gasteiger partial charge in [-0.05, 0) is 25.3 Å². The highest BCUT2D eigenvalue weighted by Gasteiger charge is 2.23. The molecule has 1 aliphatic carbocycles. The van der Waals surface area contributed by atoms with Gasteiger partial charge in [0.1, 0.15) is 0 Å². The monoisotopic (exact) mass is 229 g/mol. The van der Waals surface area contributed by atoms with Gasteiger partial charge in [-0.1, -0.05) is 26.2 Å². The molecule has 0 radical (unpaired) electrons. The fourth-order valence-corrected chi connectivity index (χ4v) is 2.51. The number of hydrogen-bond donors (Lipinski definition) is 1. The molecule has 1 aliphatic rings. The summed E-state index contributed by atoms with van der Waals surface area (Å²) in [5.74, 6) is 0.472. The summed E-state index contributed by atoms with van der Waals surface area (Å²) in [6, 6.07) is 0. The van der Waals surface area contributed by atoms with E-state index in [1.165, 1.54) is 25.7 Å². The van der Waals surface area contributed by atoms with Gasteiger partial charge in [0, 0.05) is 20.2 Å². The molecule has 2 atom stereocenters. The Kier molecular flexibility index (Phi) is 7.01. The minimum absolute atomic E-state index is 0.0842. The predicted molar refractivity (Wildman–Crippen MR) is 66.6 cm³/mol. The molecule has 0 aromatic carbocycles. The zero-order valence-electron chi connectivity index (χ0n) is 10.8. The second-order valence-electron chi connectivity index (χ2n) is 4.85. The molecule has 1 fully saturated rings. The maximum absolute atomic E-state index is 10.1. The Labute approximate surface area is 99.8 Å². The Morgan fingerprint density at radius 3 is 2.69 bits per heavy atom. The average Bonchev–Trinajstić information content (AvgIpc) is 2.50. The van der Waals surface area contributed by atoms with Crippen LogP contribution in [0.2, 0.25) is 0 Å². The standard InChI is InChI=1S/C13H27NO2/c1-3-14(9-10-16-2)11-12-7-5-4-6-8-13(12)15/h12-13,15H,3-11H2,1-2H3. The summed E-state index contributed by atoms with van der Waals surface area (Å²) in [6.07, 6.45) is 5.86. The van der Waals surface area contributed by atoms with Gasteiger partial charge < -0.3 is 14.7 Å². The van der Waals surface area contributed by atoms with Crippen LogP contribution in [0.3, 0.4) is 0 Å². The smallest absolute Gasteiger partial charge is 0.0589 e. The van der Waals surface area contributed by atoms with Crippen molar-refractivity contribution in [3.8, 4) is 0 Å². The quantitative estimate of drug-likeness (QED) is 0.706. The third kappa shape index (κ3) is 4.81. The maximum atomic E-state index is 10.1. The van der Waals surface area contributed by atoms with E-state index in [-0.39, 0.29) is 6.10 Å². The van der Waals surface area contributed by atoms with Crippen LogP contribution in [0.25, 0.3) is 0 Å². The molecule has 2 unspecified atom stereocenters. The summed E-state index contributed by atoms with van der Waals surface area (Å²) in [5, 5.41) is 10.1. The van der Waals surface area contributed by atoms with Crippen LogP contribution in [0.5, 0.6) is 0 Å². The average molecular weight is 229 g/mol. The van der Waals surface area contributed by atoms with Crippen molar-refractivity contribution in [1.29, 1.82) is 0 Å². The van der Waals surface area contributed by atoms with Crippen LogP contribution in [0.4, 0.5) is 0 Å². The first-order valence-electron chi connectivity index (χ1n) is 6.67. The van der Waals surface area contributed by atoms with E-state index < -0.39 is 0 Å². The Balaban J connectivity index is 2.35. The van der Waals surface area contributed by atoms with Crippen LogP contribution in [-0.2, 0) is 4.74 Å². The largest absolute Gasteiger partial charge is 0.393 e. The van der Waals surface area contributed by atoms with Gasteiger partial charge in [0.25, 0.3) is 0 Å². The summed E-state index contributed by atoms with van der Waals surface area (Å²) in [6.45, 7) is 6.03. The van der Waals surface area contributed by atoms with Crippen molar-refractivity contribution in [2.75, 3.05) is 33.4 Å². The predicted octanol–water partition coefficient (Wildman–Crippen LogP) is 1.90. The lowest BCUT2D eigenvalue weighted by Crippen LogP contribution is -2.36. The summed E-state index contributed by atoms with van der Waals surface area (Å²) >= 11 is 0. The first-order chi connectivity index (χ1) is 7.77. The van der Waals surface area contributed by atoms with Crippen molar-refractivity contribution in [3.63, 3.8) is 0 Å². The van der Waals surface area contributed by atoms with Gasteiger partial charge in [-0.15, -0.1) is 0 Å². The molecule has 0 heterocycles. The number of hydrogen-bond acceptors (Lipinski definition) is 3. The van der Waals surface area contributed by atoms with Crippen LogP contribution in [0.1, 0.15) is 39.0 Å². The molecule has 0 amide bonds. The van der Waals surface area contributed by atoms with Crippen LogP contribution < -0.4 is 0 Å². The van der Waals surface area contributed by atoms with E-state index in [2.05, 4.69) is 11.8 Å². The van der Waals surface area contributed by atoms with Gasteiger partial charge >= 0.3 is 0 Å². The van der Waals surface area contributed by atoms with Crippen molar-refractivity contribution in [1.82, 2.24) is 4.90 Å². The fourth-order valence-electron chi connectivity index (χ4n) is 2.51. The summed E-state index contributed by atoms with van der Waals surface area (Å²) < 4.78 is 5.11. The number of aliphatic hydroxyl groups excluding tert-OH is 1. The number of nitrogens with zero attached hydrogens (tertiary/aromatic N) is 1. The minimum Gasteiger partial charge on any atom is -0.393 e. The van der Waals surface area contributed by atoms with E-state index in [1.54, 1.807) is 7.11 Å². The number of ether oxygens (including phenoxy) is 1. The van der Waals surface area contributed by atoms with Crippen molar-refractivity contribution in [3.05, 3.63) is 0 Å². The zero-order chi connectivity index (χ0) is 11.8. The number of methoxy groups -OCH3 is 1. The fraction of sp³-hybridized carbons (Fsp3) is 1.00. The Morgan fingerprint density at radius 1 is 1.25 bits per heavy atom. The third-order valence-corrected chi connectivity index (χ3v) is 3.67. The topological polar surface area (TPSA) is 32.7 Å². The SMILES string of the molecule is CCN(CCOC)CC1CCCCCC1O. The van der Waals surface area contributed by atoms with Crippen LogP contribution in [0.15, 0.2) is 0 Å². The molecule has 0 bridgehead atoms.